The summed E-state index contributed by atoms with van der Waals surface area (Å²) in [5.41, 5.74) is 0.420. The monoisotopic (exact) mass is 441 g/mol. The third-order valence-corrected chi connectivity index (χ3v) is 4.37. The Morgan fingerprint density at radius 3 is 2.79 bits per heavy atom. The van der Waals surface area contributed by atoms with E-state index in [0.29, 0.717) is 27.3 Å². The summed E-state index contributed by atoms with van der Waals surface area (Å²) < 4.78 is 11.3. The van der Waals surface area contributed by atoms with Crippen molar-refractivity contribution < 1.29 is 18.6 Å². The van der Waals surface area contributed by atoms with E-state index in [1.54, 1.807) is 30.3 Å². The standard InChI is InChI=1S/C19H12BrN3O5/c20-17-9-13(23(25)26)3-5-16(17)18-6-4-14(28-18)8-12(10-21)19(24)22-11-15-2-1-7-27-15/h1-9H,11H2,(H,22,24)/b12-8+. The van der Waals surface area contributed by atoms with Crippen LogP contribution in [0.25, 0.3) is 17.4 Å². The number of carbonyl (C=O) groups excluding carboxylic acids is 1. The fraction of sp³-hybridized carbons (Fsp3) is 0.0526. The van der Waals surface area contributed by atoms with Crippen LogP contribution in [-0.4, -0.2) is 10.8 Å². The molecular weight excluding hydrogens is 430 g/mol. The van der Waals surface area contributed by atoms with Crippen molar-refractivity contribution in [1.29, 1.82) is 5.26 Å². The average molecular weight is 442 g/mol. The molecular formula is C19H12BrN3O5. The Kier molecular flexibility index (Phi) is 5.72. The Hall–Kier alpha value is -3.64. The molecule has 0 aliphatic heterocycles. The Morgan fingerprint density at radius 1 is 1.32 bits per heavy atom. The lowest BCUT2D eigenvalue weighted by molar-refractivity contribution is -0.384. The molecule has 0 aliphatic carbocycles. The molecule has 0 radical (unpaired) electrons. The second-order valence-electron chi connectivity index (χ2n) is 5.56. The normalized spacial score (nSPS) is 11.1. The highest BCUT2D eigenvalue weighted by Crippen LogP contribution is 2.32. The maximum atomic E-state index is 12.1. The topological polar surface area (TPSA) is 122 Å². The van der Waals surface area contributed by atoms with E-state index >= 15 is 0 Å². The van der Waals surface area contributed by atoms with Crippen molar-refractivity contribution in [3.05, 3.63) is 80.4 Å². The number of non-ortho nitro benzene ring substituents is 1. The van der Waals surface area contributed by atoms with Crippen LogP contribution >= 0.6 is 15.9 Å². The van der Waals surface area contributed by atoms with Crippen LogP contribution in [0.15, 0.2) is 67.6 Å². The molecule has 1 amide bonds. The number of amides is 1. The van der Waals surface area contributed by atoms with Crippen LogP contribution in [-0.2, 0) is 11.3 Å². The van der Waals surface area contributed by atoms with Gasteiger partial charge in [0, 0.05) is 28.2 Å². The third kappa shape index (κ3) is 4.36. The van der Waals surface area contributed by atoms with E-state index in [1.807, 2.05) is 6.07 Å². The van der Waals surface area contributed by atoms with Crippen LogP contribution in [0.1, 0.15) is 11.5 Å². The lowest BCUT2D eigenvalue weighted by Crippen LogP contribution is -2.23. The molecule has 0 bridgehead atoms. The Morgan fingerprint density at radius 2 is 2.14 bits per heavy atom. The highest BCUT2D eigenvalue weighted by atomic mass is 79.9. The fourth-order valence-electron chi connectivity index (χ4n) is 2.36. The Labute approximate surface area is 167 Å². The summed E-state index contributed by atoms with van der Waals surface area (Å²) in [5, 5.41) is 22.7. The van der Waals surface area contributed by atoms with E-state index in [-0.39, 0.29) is 17.8 Å². The van der Waals surface area contributed by atoms with Crippen LogP contribution in [0.4, 0.5) is 5.69 Å². The number of hydrogen-bond acceptors (Lipinski definition) is 6. The number of nitriles is 1. The van der Waals surface area contributed by atoms with Gasteiger partial charge in [0.2, 0.25) is 0 Å². The summed E-state index contributed by atoms with van der Waals surface area (Å²) in [4.78, 5) is 22.5. The van der Waals surface area contributed by atoms with Gasteiger partial charge >= 0.3 is 0 Å². The molecule has 0 saturated heterocycles. The average Bonchev–Trinajstić information content (AvgIpc) is 3.36. The SMILES string of the molecule is N#C/C(=C\c1ccc(-c2ccc([N+](=O)[O-])cc2Br)o1)C(=O)NCc1ccco1. The lowest BCUT2D eigenvalue weighted by Gasteiger charge is -2.02. The zero-order valence-electron chi connectivity index (χ0n) is 14.2. The van der Waals surface area contributed by atoms with Crippen molar-refractivity contribution in [2.24, 2.45) is 0 Å². The van der Waals surface area contributed by atoms with Gasteiger partial charge in [-0.3, -0.25) is 14.9 Å². The molecule has 0 aliphatic rings. The van der Waals surface area contributed by atoms with Crippen molar-refractivity contribution in [3.63, 3.8) is 0 Å². The molecule has 0 unspecified atom stereocenters. The van der Waals surface area contributed by atoms with E-state index in [2.05, 4.69) is 21.2 Å². The summed E-state index contributed by atoms with van der Waals surface area (Å²) in [5.74, 6) is 0.730. The molecule has 9 heteroatoms. The molecule has 8 nitrogen and oxygen atoms in total. The quantitative estimate of drug-likeness (QED) is 0.261. The first-order chi connectivity index (χ1) is 13.5. The zero-order chi connectivity index (χ0) is 20.1. The fourth-order valence-corrected chi connectivity index (χ4v) is 2.92. The molecule has 0 saturated carbocycles. The van der Waals surface area contributed by atoms with E-state index in [0.717, 1.165) is 0 Å². The van der Waals surface area contributed by atoms with Gasteiger partial charge in [0.05, 0.1) is 17.7 Å². The van der Waals surface area contributed by atoms with E-state index in [1.165, 1.54) is 24.5 Å². The van der Waals surface area contributed by atoms with Gasteiger partial charge in [0.25, 0.3) is 11.6 Å². The van der Waals surface area contributed by atoms with Crippen molar-refractivity contribution in [2.75, 3.05) is 0 Å². The third-order valence-electron chi connectivity index (χ3n) is 3.71. The van der Waals surface area contributed by atoms with E-state index in [4.69, 9.17) is 8.83 Å². The van der Waals surface area contributed by atoms with Gasteiger partial charge in [0.15, 0.2) is 0 Å². The molecule has 3 rings (SSSR count). The number of carbonyl (C=O) groups is 1. The van der Waals surface area contributed by atoms with Crippen LogP contribution in [0.5, 0.6) is 0 Å². The maximum Gasteiger partial charge on any atom is 0.270 e. The Balaban J connectivity index is 1.77. The van der Waals surface area contributed by atoms with Crippen LogP contribution in [0.2, 0.25) is 0 Å². The van der Waals surface area contributed by atoms with Crippen LogP contribution in [0.3, 0.4) is 0 Å². The van der Waals surface area contributed by atoms with Gasteiger partial charge in [-0.15, -0.1) is 0 Å². The number of hydrogen-bond donors (Lipinski definition) is 1. The van der Waals surface area contributed by atoms with Crippen molar-refractivity contribution in [3.8, 4) is 17.4 Å². The molecule has 0 atom stereocenters. The molecule has 3 aromatic rings. The number of halogens is 1. The molecule has 140 valence electrons. The highest BCUT2D eigenvalue weighted by Gasteiger charge is 2.14. The summed E-state index contributed by atoms with van der Waals surface area (Å²) in [6.07, 6.45) is 2.81. The van der Waals surface area contributed by atoms with Crippen LogP contribution in [0, 0.1) is 21.4 Å². The van der Waals surface area contributed by atoms with E-state index < -0.39 is 10.8 Å². The van der Waals surface area contributed by atoms with Crippen molar-refractivity contribution in [2.45, 2.75) is 6.54 Å². The smallest absolute Gasteiger partial charge is 0.270 e. The molecule has 1 N–H and O–H groups in total. The van der Waals surface area contributed by atoms with Crippen molar-refractivity contribution >= 4 is 33.6 Å². The molecule has 0 fully saturated rings. The summed E-state index contributed by atoms with van der Waals surface area (Å²) >= 11 is 3.28. The molecule has 1 aromatic carbocycles. The number of nitrogens with one attached hydrogen (secondary N) is 1. The minimum atomic E-state index is -0.562. The second-order valence-corrected chi connectivity index (χ2v) is 6.41. The van der Waals surface area contributed by atoms with Gasteiger partial charge in [-0.1, -0.05) is 0 Å². The molecule has 28 heavy (non-hydrogen) atoms. The molecule has 0 spiro atoms. The van der Waals surface area contributed by atoms with E-state index in [9.17, 15) is 20.2 Å². The number of nitro benzene ring substituents is 1. The zero-order valence-corrected chi connectivity index (χ0v) is 15.8. The minimum Gasteiger partial charge on any atom is -0.467 e. The van der Waals surface area contributed by atoms with Crippen molar-refractivity contribution in [1.82, 2.24) is 5.32 Å². The van der Waals surface area contributed by atoms with Gasteiger partial charge < -0.3 is 14.2 Å². The second kappa shape index (κ2) is 8.37. The maximum absolute atomic E-state index is 12.1. The first kappa shape index (κ1) is 19.1. The predicted molar refractivity (Wildman–Crippen MR) is 103 cm³/mol. The highest BCUT2D eigenvalue weighted by molar-refractivity contribution is 9.10. The van der Waals surface area contributed by atoms with Gasteiger partial charge in [-0.25, -0.2) is 0 Å². The molecule has 2 aromatic heterocycles. The molecule has 2 heterocycles. The predicted octanol–water partition coefficient (Wildman–Crippen LogP) is 4.43. The van der Waals surface area contributed by atoms with Gasteiger partial charge in [0.1, 0.15) is 28.9 Å². The number of rotatable bonds is 6. The summed E-state index contributed by atoms with van der Waals surface area (Å²) in [7, 11) is 0. The summed E-state index contributed by atoms with van der Waals surface area (Å²) in [6, 6.07) is 12.8. The number of nitrogens with zero attached hydrogens (tertiary/aromatic N) is 2. The Bertz CT molecular complexity index is 1090. The first-order valence-corrected chi connectivity index (χ1v) is 8.74. The minimum absolute atomic E-state index is 0.0534. The number of benzene rings is 1. The largest absolute Gasteiger partial charge is 0.467 e. The number of furan rings is 2. The number of nitro groups is 1. The van der Waals surface area contributed by atoms with Gasteiger partial charge in [-0.2, -0.15) is 5.26 Å². The van der Waals surface area contributed by atoms with Crippen LogP contribution < -0.4 is 5.32 Å². The van der Waals surface area contributed by atoms with Gasteiger partial charge in [-0.05, 0) is 46.3 Å². The lowest BCUT2D eigenvalue weighted by atomic mass is 10.1. The summed E-state index contributed by atoms with van der Waals surface area (Å²) in [6.45, 7) is 0.157. The first-order valence-electron chi connectivity index (χ1n) is 7.94.